The highest BCUT2D eigenvalue weighted by molar-refractivity contribution is 8.00. The molecule has 1 amide bonds. The van der Waals surface area contributed by atoms with Gasteiger partial charge in [-0.1, -0.05) is 36.0 Å². The van der Waals surface area contributed by atoms with Gasteiger partial charge >= 0.3 is 0 Å². The summed E-state index contributed by atoms with van der Waals surface area (Å²) >= 11 is 1.46. The molecular formula is C19H16FN3OS. The Morgan fingerprint density at radius 1 is 1.04 bits per heavy atom. The predicted octanol–water partition coefficient (Wildman–Crippen LogP) is 3.81. The molecule has 2 aromatic carbocycles. The van der Waals surface area contributed by atoms with Crippen LogP contribution in [0.5, 0.6) is 0 Å². The Hall–Kier alpha value is -2.47. The molecule has 1 unspecified atom stereocenters. The fourth-order valence-electron chi connectivity index (χ4n) is 2.98. The van der Waals surface area contributed by atoms with Crippen molar-refractivity contribution in [3.8, 4) is 11.3 Å². The molecule has 126 valence electrons. The molecule has 3 aromatic rings. The summed E-state index contributed by atoms with van der Waals surface area (Å²) in [7, 11) is 0. The van der Waals surface area contributed by atoms with Crippen LogP contribution in [0.3, 0.4) is 0 Å². The summed E-state index contributed by atoms with van der Waals surface area (Å²) in [6, 6.07) is 14.1. The first-order valence-corrected chi connectivity index (χ1v) is 9.06. The van der Waals surface area contributed by atoms with Crippen LogP contribution in [0.1, 0.15) is 12.8 Å². The van der Waals surface area contributed by atoms with E-state index in [9.17, 15) is 9.18 Å². The lowest BCUT2D eigenvalue weighted by atomic mass is 10.1. The third-order valence-electron chi connectivity index (χ3n) is 4.26. The molecule has 1 aliphatic heterocycles. The van der Waals surface area contributed by atoms with E-state index < -0.39 is 0 Å². The fourth-order valence-corrected chi connectivity index (χ4v) is 4.12. The first-order chi connectivity index (χ1) is 12.2. The van der Waals surface area contributed by atoms with Gasteiger partial charge in [0.05, 0.1) is 5.25 Å². The van der Waals surface area contributed by atoms with Crippen molar-refractivity contribution in [2.75, 3.05) is 6.54 Å². The van der Waals surface area contributed by atoms with Crippen molar-refractivity contribution in [3.05, 3.63) is 54.3 Å². The molecule has 4 nitrogen and oxygen atoms in total. The van der Waals surface area contributed by atoms with Crippen LogP contribution < -0.4 is 5.32 Å². The monoisotopic (exact) mass is 353 g/mol. The van der Waals surface area contributed by atoms with Crippen molar-refractivity contribution in [1.29, 1.82) is 0 Å². The van der Waals surface area contributed by atoms with E-state index in [1.54, 1.807) is 12.1 Å². The number of fused-ring (bicyclic) bond motifs is 1. The molecule has 0 aliphatic carbocycles. The molecule has 0 bridgehead atoms. The summed E-state index contributed by atoms with van der Waals surface area (Å²) in [5.41, 5.74) is 1.53. The van der Waals surface area contributed by atoms with Crippen molar-refractivity contribution < 1.29 is 9.18 Å². The number of nitrogens with zero attached hydrogens (tertiary/aromatic N) is 2. The van der Waals surface area contributed by atoms with Gasteiger partial charge < -0.3 is 5.32 Å². The Kier molecular flexibility index (Phi) is 4.36. The molecule has 1 saturated heterocycles. The average Bonchev–Trinajstić information content (AvgIpc) is 2.65. The lowest BCUT2D eigenvalue weighted by Gasteiger charge is -2.21. The summed E-state index contributed by atoms with van der Waals surface area (Å²) in [4.78, 5) is 12.0. The summed E-state index contributed by atoms with van der Waals surface area (Å²) in [5, 5.41) is 14.2. The van der Waals surface area contributed by atoms with Crippen molar-refractivity contribution in [2.24, 2.45) is 0 Å². The minimum Gasteiger partial charge on any atom is -0.355 e. The number of carbonyl (C=O) groups is 1. The molecule has 25 heavy (non-hydrogen) atoms. The Bertz CT molecular complexity index is 930. The van der Waals surface area contributed by atoms with Gasteiger partial charge in [-0.3, -0.25) is 4.79 Å². The third-order valence-corrected chi connectivity index (χ3v) is 5.52. The van der Waals surface area contributed by atoms with E-state index in [4.69, 9.17) is 0 Å². The van der Waals surface area contributed by atoms with E-state index in [0.717, 1.165) is 40.7 Å². The van der Waals surface area contributed by atoms with E-state index in [-0.39, 0.29) is 17.0 Å². The summed E-state index contributed by atoms with van der Waals surface area (Å²) in [5.74, 6) is -0.221. The van der Waals surface area contributed by atoms with Crippen molar-refractivity contribution in [2.45, 2.75) is 23.1 Å². The number of nitrogens with one attached hydrogen (secondary N) is 1. The summed E-state index contributed by atoms with van der Waals surface area (Å²) in [6.45, 7) is 0.742. The number of aromatic nitrogens is 2. The average molecular weight is 353 g/mol. The minimum atomic E-state index is -0.281. The normalized spacial score (nSPS) is 17.5. The predicted molar refractivity (Wildman–Crippen MR) is 96.8 cm³/mol. The van der Waals surface area contributed by atoms with Gasteiger partial charge in [0.15, 0.2) is 0 Å². The van der Waals surface area contributed by atoms with E-state index in [0.29, 0.717) is 5.69 Å². The topological polar surface area (TPSA) is 54.9 Å². The lowest BCUT2D eigenvalue weighted by Crippen LogP contribution is -2.38. The zero-order valence-corrected chi connectivity index (χ0v) is 14.2. The van der Waals surface area contributed by atoms with Gasteiger partial charge in [0.2, 0.25) is 5.91 Å². The molecule has 1 atom stereocenters. The molecule has 1 aromatic heterocycles. The number of carbonyl (C=O) groups excluding carboxylic acids is 1. The van der Waals surface area contributed by atoms with Crippen LogP contribution in [0, 0.1) is 5.82 Å². The van der Waals surface area contributed by atoms with E-state index in [1.165, 1.54) is 23.9 Å². The van der Waals surface area contributed by atoms with Crippen LogP contribution in [-0.4, -0.2) is 27.9 Å². The second kappa shape index (κ2) is 6.80. The maximum atomic E-state index is 13.2. The highest BCUT2D eigenvalue weighted by Gasteiger charge is 2.25. The lowest BCUT2D eigenvalue weighted by molar-refractivity contribution is -0.121. The number of benzene rings is 2. The zero-order valence-electron chi connectivity index (χ0n) is 13.4. The van der Waals surface area contributed by atoms with Gasteiger partial charge in [0, 0.05) is 22.9 Å². The molecule has 0 radical (unpaired) electrons. The van der Waals surface area contributed by atoms with Crippen molar-refractivity contribution in [1.82, 2.24) is 15.5 Å². The number of hydrogen-bond acceptors (Lipinski definition) is 4. The maximum absolute atomic E-state index is 13.2. The Morgan fingerprint density at radius 2 is 1.80 bits per heavy atom. The maximum Gasteiger partial charge on any atom is 0.233 e. The number of piperidine rings is 1. The molecule has 6 heteroatoms. The molecule has 0 saturated carbocycles. The highest BCUT2D eigenvalue weighted by Crippen LogP contribution is 2.35. The molecule has 2 heterocycles. The molecule has 1 aliphatic rings. The van der Waals surface area contributed by atoms with E-state index in [2.05, 4.69) is 15.5 Å². The molecule has 4 rings (SSSR count). The Labute approximate surface area is 148 Å². The number of amides is 1. The molecular weight excluding hydrogens is 337 g/mol. The quantitative estimate of drug-likeness (QED) is 0.778. The van der Waals surface area contributed by atoms with Crippen LogP contribution >= 0.6 is 11.8 Å². The number of halogens is 1. The molecule has 0 spiro atoms. The standard InChI is InChI=1S/C19H16FN3OS/c20-13-9-7-12(8-10-13)17-14-4-1-2-5-15(14)19(23-22-17)25-16-6-3-11-21-18(16)24/h1-2,4-5,7-10,16H,3,6,11H2,(H,21,24). The summed E-state index contributed by atoms with van der Waals surface area (Å²) < 4.78 is 13.2. The van der Waals surface area contributed by atoms with Crippen LogP contribution in [0.4, 0.5) is 4.39 Å². The van der Waals surface area contributed by atoms with Gasteiger partial charge in [-0.25, -0.2) is 4.39 Å². The number of hydrogen-bond donors (Lipinski definition) is 1. The first-order valence-electron chi connectivity index (χ1n) is 8.18. The first kappa shape index (κ1) is 16.0. The second-order valence-corrected chi connectivity index (χ2v) is 7.14. The summed E-state index contributed by atoms with van der Waals surface area (Å²) in [6.07, 6.45) is 1.81. The van der Waals surface area contributed by atoms with E-state index >= 15 is 0 Å². The smallest absolute Gasteiger partial charge is 0.233 e. The largest absolute Gasteiger partial charge is 0.355 e. The van der Waals surface area contributed by atoms with E-state index in [1.807, 2.05) is 24.3 Å². The third kappa shape index (κ3) is 3.22. The number of rotatable bonds is 3. The van der Waals surface area contributed by atoms with Crippen molar-refractivity contribution >= 4 is 28.4 Å². The van der Waals surface area contributed by atoms with Gasteiger partial charge in [-0.15, -0.1) is 10.2 Å². The van der Waals surface area contributed by atoms with Crippen LogP contribution in [0.25, 0.3) is 22.0 Å². The van der Waals surface area contributed by atoms with Crippen LogP contribution in [0.15, 0.2) is 53.6 Å². The minimum absolute atomic E-state index is 0.0599. The van der Waals surface area contributed by atoms with Crippen molar-refractivity contribution in [3.63, 3.8) is 0 Å². The van der Waals surface area contributed by atoms with Gasteiger partial charge in [-0.2, -0.15) is 0 Å². The van der Waals surface area contributed by atoms with Crippen LogP contribution in [-0.2, 0) is 4.79 Å². The Balaban J connectivity index is 1.76. The fraction of sp³-hybridized carbons (Fsp3) is 0.211. The van der Waals surface area contributed by atoms with Gasteiger partial charge in [-0.05, 0) is 37.1 Å². The second-order valence-electron chi connectivity index (χ2n) is 5.95. The Morgan fingerprint density at radius 3 is 2.56 bits per heavy atom. The van der Waals surface area contributed by atoms with Gasteiger partial charge in [0.25, 0.3) is 0 Å². The van der Waals surface area contributed by atoms with Crippen LogP contribution in [0.2, 0.25) is 0 Å². The SMILES string of the molecule is O=C1NCCCC1Sc1nnc(-c2ccc(F)cc2)c2ccccc12. The zero-order chi connectivity index (χ0) is 17.2. The van der Waals surface area contributed by atoms with Gasteiger partial charge in [0.1, 0.15) is 16.5 Å². The highest BCUT2D eigenvalue weighted by atomic mass is 32.2. The number of thioether (sulfide) groups is 1. The molecule has 1 fully saturated rings. The molecule has 1 N–H and O–H groups in total.